The third-order valence-corrected chi connectivity index (χ3v) is 3.50. The summed E-state index contributed by atoms with van der Waals surface area (Å²) in [5.41, 5.74) is 0.514. The molecule has 0 aliphatic heterocycles. The van der Waals surface area contributed by atoms with Gasteiger partial charge in [0.15, 0.2) is 0 Å². The van der Waals surface area contributed by atoms with Gasteiger partial charge in [-0.2, -0.15) is 11.8 Å². The van der Waals surface area contributed by atoms with Crippen LogP contribution in [0.5, 0.6) is 0 Å². The molecule has 0 radical (unpaired) electrons. The fraction of sp³-hybridized carbons (Fsp3) is 0.364. The first-order valence-corrected chi connectivity index (χ1v) is 7.44. The minimum atomic E-state index is -0.118. The number of thioether (sulfide) groups is 1. The normalized spacial score (nSPS) is 10.2. The molecule has 0 atom stereocenters. The molecule has 1 aromatic carbocycles. The smallest absolute Gasteiger partial charge is 0.252 e. The zero-order valence-electron chi connectivity index (χ0n) is 8.93. The van der Waals surface area contributed by atoms with Crippen LogP contribution in [0.1, 0.15) is 16.8 Å². The first-order valence-electron chi connectivity index (χ1n) is 4.87. The lowest BCUT2D eigenvalue weighted by Gasteiger charge is -2.06. The Labute approximate surface area is 113 Å². The van der Waals surface area contributed by atoms with E-state index in [9.17, 15) is 4.79 Å². The molecule has 0 aliphatic carbocycles. The van der Waals surface area contributed by atoms with Crippen molar-refractivity contribution < 1.29 is 4.79 Å². The molecule has 0 aliphatic rings. The summed E-state index contributed by atoms with van der Waals surface area (Å²) >= 11 is 11.0. The van der Waals surface area contributed by atoms with Gasteiger partial charge in [0.05, 0.1) is 10.6 Å². The summed E-state index contributed by atoms with van der Waals surface area (Å²) in [4.78, 5) is 11.8. The minimum absolute atomic E-state index is 0.118. The maximum Gasteiger partial charge on any atom is 0.252 e. The Morgan fingerprint density at radius 2 is 2.31 bits per heavy atom. The van der Waals surface area contributed by atoms with Crippen LogP contribution < -0.4 is 5.32 Å². The molecule has 1 aromatic rings. The molecule has 0 saturated heterocycles. The standard InChI is InChI=1S/C11H13BrClNOS/c1-16-6-2-5-14-11(15)9-7-8(12)3-4-10(9)13/h3-4,7H,2,5-6H2,1H3,(H,14,15). The van der Waals surface area contributed by atoms with Gasteiger partial charge in [-0.25, -0.2) is 0 Å². The molecule has 2 nitrogen and oxygen atoms in total. The fourth-order valence-corrected chi connectivity index (χ4v) is 2.18. The number of halogens is 2. The van der Waals surface area contributed by atoms with Crippen LogP contribution in [0.15, 0.2) is 22.7 Å². The molecule has 88 valence electrons. The van der Waals surface area contributed by atoms with E-state index in [0.29, 0.717) is 17.1 Å². The number of carbonyl (C=O) groups excluding carboxylic acids is 1. The van der Waals surface area contributed by atoms with Crippen molar-refractivity contribution in [3.05, 3.63) is 33.3 Å². The summed E-state index contributed by atoms with van der Waals surface area (Å²) in [6, 6.07) is 5.25. The van der Waals surface area contributed by atoms with E-state index in [2.05, 4.69) is 21.2 Å². The summed E-state index contributed by atoms with van der Waals surface area (Å²) < 4.78 is 0.853. The number of amides is 1. The van der Waals surface area contributed by atoms with Crippen LogP contribution in [0.4, 0.5) is 0 Å². The Morgan fingerprint density at radius 3 is 3.00 bits per heavy atom. The molecule has 1 amide bonds. The summed E-state index contributed by atoms with van der Waals surface area (Å²) in [7, 11) is 0. The SMILES string of the molecule is CSCCCNC(=O)c1cc(Br)ccc1Cl. The Bertz CT molecular complexity index is 373. The van der Waals surface area contributed by atoms with E-state index in [0.717, 1.165) is 16.6 Å². The average molecular weight is 323 g/mol. The lowest BCUT2D eigenvalue weighted by Crippen LogP contribution is -2.25. The third-order valence-electron chi connectivity index (χ3n) is 1.98. The zero-order chi connectivity index (χ0) is 12.0. The molecule has 1 rings (SSSR count). The molecular weight excluding hydrogens is 310 g/mol. The Morgan fingerprint density at radius 1 is 1.56 bits per heavy atom. The second-order valence-corrected chi connectivity index (χ2v) is 5.53. The van der Waals surface area contributed by atoms with E-state index in [1.807, 2.05) is 12.3 Å². The highest BCUT2D eigenvalue weighted by Gasteiger charge is 2.09. The molecule has 0 saturated carbocycles. The van der Waals surface area contributed by atoms with E-state index in [1.165, 1.54) is 0 Å². The van der Waals surface area contributed by atoms with Crippen LogP contribution in [0.3, 0.4) is 0 Å². The zero-order valence-corrected chi connectivity index (χ0v) is 12.1. The first kappa shape index (κ1) is 13.9. The predicted molar refractivity (Wildman–Crippen MR) is 74.5 cm³/mol. The number of nitrogens with one attached hydrogen (secondary N) is 1. The lowest BCUT2D eigenvalue weighted by atomic mass is 10.2. The molecule has 0 unspecified atom stereocenters. The van der Waals surface area contributed by atoms with Crippen molar-refractivity contribution in [1.29, 1.82) is 0 Å². The third kappa shape index (κ3) is 4.36. The molecule has 0 bridgehead atoms. The maximum absolute atomic E-state index is 11.8. The molecule has 5 heteroatoms. The Hall–Kier alpha value is -0.190. The molecule has 0 fully saturated rings. The quantitative estimate of drug-likeness (QED) is 0.840. The number of carbonyl (C=O) groups is 1. The predicted octanol–water partition coefficient (Wildman–Crippen LogP) is 3.59. The van der Waals surface area contributed by atoms with Crippen LogP contribution in [-0.4, -0.2) is 24.5 Å². The van der Waals surface area contributed by atoms with Crippen LogP contribution in [0.2, 0.25) is 5.02 Å². The molecule has 0 aromatic heterocycles. The van der Waals surface area contributed by atoms with Gasteiger partial charge in [-0.15, -0.1) is 0 Å². The first-order chi connectivity index (χ1) is 7.65. The van der Waals surface area contributed by atoms with Crippen molar-refractivity contribution in [1.82, 2.24) is 5.32 Å². The van der Waals surface area contributed by atoms with Gasteiger partial charge in [0, 0.05) is 11.0 Å². The molecule has 16 heavy (non-hydrogen) atoms. The monoisotopic (exact) mass is 321 g/mol. The summed E-state index contributed by atoms with van der Waals surface area (Å²) in [5.74, 6) is 0.930. The largest absolute Gasteiger partial charge is 0.352 e. The second-order valence-electron chi connectivity index (χ2n) is 3.23. The van der Waals surface area contributed by atoms with Gasteiger partial charge >= 0.3 is 0 Å². The van der Waals surface area contributed by atoms with Gasteiger partial charge in [-0.1, -0.05) is 27.5 Å². The van der Waals surface area contributed by atoms with Crippen molar-refractivity contribution in [3.8, 4) is 0 Å². The topological polar surface area (TPSA) is 29.1 Å². The average Bonchev–Trinajstić information content (AvgIpc) is 2.27. The Balaban J connectivity index is 2.55. The molecule has 0 heterocycles. The highest BCUT2D eigenvalue weighted by Crippen LogP contribution is 2.20. The highest BCUT2D eigenvalue weighted by molar-refractivity contribution is 9.10. The van der Waals surface area contributed by atoms with Crippen molar-refractivity contribution in [2.24, 2.45) is 0 Å². The number of hydrogen-bond acceptors (Lipinski definition) is 2. The van der Waals surface area contributed by atoms with E-state index in [1.54, 1.807) is 23.9 Å². The van der Waals surface area contributed by atoms with Gasteiger partial charge in [-0.05, 0) is 36.6 Å². The molecule has 1 N–H and O–H groups in total. The molecular formula is C11H13BrClNOS. The van der Waals surface area contributed by atoms with Crippen molar-refractivity contribution in [2.75, 3.05) is 18.6 Å². The van der Waals surface area contributed by atoms with Crippen molar-refractivity contribution in [3.63, 3.8) is 0 Å². The van der Waals surface area contributed by atoms with E-state index >= 15 is 0 Å². The van der Waals surface area contributed by atoms with E-state index < -0.39 is 0 Å². The van der Waals surface area contributed by atoms with Gasteiger partial charge in [0.1, 0.15) is 0 Å². The van der Waals surface area contributed by atoms with Crippen molar-refractivity contribution >= 4 is 45.2 Å². The molecule has 0 spiro atoms. The summed E-state index contributed by atoms with van der Waals surface area (Å²) in [6.45, 7) is 0.683. The Kier molecular flexibility index (Phi) is 6.24. The van der Waals surface area contributed by atoms with Gasteiger partial charge in [-0.3, -0.25) is 4.79 Å². The number of benzene rings is 1. The summed E-state index contributed by atoms with van der Waals surface area (Å²) in [5, 5.41) is 3.32. The number of rotatable bonds is 5. The summed E-state index contributed by atoms with van der Waals surface area (Å²) in [6.07, 6.45) is 3.02. The minimum Gasteiger partial charge on any atom is -0.352 e. The van der Waals surface area contributed by atoms with Crippen molar-refractivity contribution in [2.45, 2.75) is 6.42 Å². The second kappa shape index (κ2) is 7.20. The van der Waals surface area contributed by atoms with Crippen LogP contribution in [0.25, 0.3) is 0 Å². The van der Waals surface area contributed by atoms with Crippen LogP contribution >= 0.6 is 39.3 Å². The van der Waals surface area contributed by atoms with E-state index in [-0.39, 0.29) is 5.91 Å². The van der Waals surface area contributed by atoms with Gasteiger partial charge < -0.3 is 5.32 Å². The fourth-order valence-electron chi connectivity index (χ4n) is 1.19. The van der Waals surface area contributed by atoms with E-state index in [4.69, 9.17) is 11.6 Å². The van der Waals surface area contributed by atoms with Gasteiger partial charge in [0.25, 0.3) is 5.91 Å². The van der Waals surface area contributed by atoms with Crippen LogP contribution in [0, 0.1) is 0 Å². The highest BCUT2D eigenvalue weighted by atomic mass is 79.9. The van der Waals surface area contributed by atoms with Crippen LogP contribution in [-0.2, 0) is 0 Å². The lowest BCUT2D eigenvalue weighted by molar-refractivity contribution is 0.0954. The maximum atomic E-state index is 11.8. The number of hydrogen-bond donors (Lipinski definition) is 1. The van der Waals surface area contributed by atoms with Gasteiger partial charge in [0.2, 0.25) is 0 Å².